The largest absolute Gasteiger partial charge is 0.378 e. The zero-order chi connectivity index (χ0) is 24.2. The van der Waals surface area contributed by atoms with Gasteiger partial charge in [0.25, 0.3) is 0 Å². The number of carbonyl (C=O) groups is 1. The normalized spacial score (nSPS) is 25.9. The molecule has 0 spiro atoms. The number of amides is 2. The van der Waals surface area contributed by atoms with Gasteiger partial charge in [-0.1, -0.05) is 0 Å². The Morgan fingerprint density at radius 3 is 2.83 bits per heavy atom. The van der Waals surface area contributed by atoms with Gasteiger partial charge in [0.15, 0.2) is 11.5 Å². The van der Waals surface area contributed by atoms with Crippen LogP contribution in [0.5, 0.6) is 0 Å². The molecule has 36 heavy (non-hydrogen) atoms. The van der Waals surface area contributed by atoms with Gasteiger partial charge in [-0.3, -0.25) is 0 Å². The van der Waals surface area contributed by atoms with Crippen LogP contribution in [0.4, 0.5) is 9.18 Å². The fourth-order valence-corrected chi connectivity index (χ4v) is 6.06. The first-order valence-electron chi connectivity index (χ1n) is 12.8. The van der Waals surface area contributed by atoms with Gasteiger partial charge in [-0.2, -0.15) is 0 Å². The topological polar surface area (TPSA) is 95.6 Å². The second-order valence-electron chi connectivity index (χ2n) is 10.2. The Labute approximate surface area is 208 Å². The van der Waals surface area contributed by atoms with E-state index in [9.17, 15) is 9.18 Å². The zero-order valence-electron chi connectivity index (χ0n) is 20.0. The van der Waals surface area contributed by atoms with Gasteiger partial charge in [-0.15, -0.1) is 0 Å². The zero-order valence-corrected chi connectivity index (χ0v) is 20.0. The van der Waals surface area contributed by atoms with Crippen LogP contribution in [0.2, 0.25) is 0 Å². The number of hydrogen-bond donors (Lipinski definition) is 2. The third-order valence-electron chi connectivity index (χ3n) is 7.89. The predicted octanol–water partition coefficient (Wildman–Crippen LogP) is 2.77. The minimum atomic E-state index is -0.411. The van der Waals surface area contributed by atoms with E-state index in [4.69, 9.17) is 9.47 Å². The Balaban J connectivity index is 1.23. The van der Waals surface area contributed by atoms with Crippen LogP contribution in [0.3, 0.4) is 0 Å². The molecule has 3 atom stereocenters. The Hall–Kier alpha value is -3.08. The molecule has 10 heteroatoms. The summed E-state index contributed by atoms with van der Waals surface area (Å²) in [5.74, 6) is -0.411. The molecule has 3 saturated heterocycles. The van der Waals surface area contributed by atoms with E-state index in [0.29, 0.717) is 50.7 Å². The summed E-state index contributed by atoms with van der Waals surface area (Å²) >= 11 is 0. The summed E-state index contributed by atoms with van der Waals surface area (Å²) in [5, 5.41) is 3.57. The fourth-order valence-electron chi connectivity index (χ4n) is 6.06. The van der Waals surface area contributed by atoms with Gasteiger partial charge in [0.1, 0.15) is 5.52 Å². The highest BCUT2D eigenvalue weighted by molar-refractivity contribution is 5.77. The lowest BCUT2D eigenvalue weighted by molar-refractivity contribution is -0.0291. The van der Waals surface area contributed by atoms with Crippen molar-refractivity contribution in [3.05, 3.63) is 47.0 Å². The second kappa shape index (κ2) is 8.79. The summed E-state index contributed by atoms with van der Waals surface area (Å²) in [6.45, 7) is 4.59. The number of H-pyrrole nitrogens is 1. The molecule has 6 heterocycles. The summed E-state index contributed by atoms with van der Waals surface area (Å²) in [6, 6.07) is 4.35. The molecule has 188 valence electrons. The standard InChI is InChI=1S/C26H29FN6O3/c27-21-9-29-25-24(21)31-22(10-30-25)16-7-15-3-5-32(26(34)33-11-17-1-2-18(12-33)36-17)13-20(15)19(8-16)23-14-35-6-4-28-23/h7-10,17-18,23,28H,1-6,11-14H2,(H,29,30). The van der Waals surface area contributed by atoms with Crippen LogP contribution in [0, 0.1) is 5.82 Å². The highest BCUT2D eigenvalue weighted by atomic mass is 19.1. The van der Waals surface area contributed by atoms with E-state index in [2.05, 4.69) is 32.4 Å². The summed E-state index contributed by atoms with van der Waals surface area (Å²) in [6.07, 6.45) is 6.14. The molecule has 3 unspecified atom stereocenters. The Morgan fingerprint density at radius 2 is 2.03 bits per heavy atom. The molecule has 0 aliphatic carbocycles. The third kappa shape index (κ3) is 3.84. The Kier molecular flexibility index (Phi) is 5.41. The van der Waals surface area contributed by atoms with Crippen LogP contribution in [-0.2, 0) is 22.4 Å². The van der Waals surface area contributed by atoms with Gasteiger partial charge in [-0.05, 0) is 48.1 Å². The number of halogens is 1. The smallest absolute Gasteiger partial charge is 0.320 e. The minimum Gasteiger partial charge on any atom is -0.378 e. The molecule has 4 aliphatic heterocycles. The van der Waals surface area contributed by atoms with Crippen LogP contribution in [0.25, 0.3) is 22.4 Å². The van der Waals surface area contributed by atoms with Crippen molar-refractivity contribution in [3.8, 4) is 11.3 Å². The molecule has 2 N–H and O–H groups in total. The van der Waals surface area contributed by atoms with Gasteiger partial charge in [0, 0.05) is 44.5 Å². The number of aromatic amines is 1. The first kappa shape index (κ1) is 22.1. The van der Waals surface area contributed by atoms with Crippen molar-refractivity contribution in [3.63, 3.8) is 0 Å². The number of benzene rings is 1. The van der Waals surface area contributed by atoms with Gasteiger partial charge in [-0.25, -0.2) is 19.2 Å². The summed E-state index contributed by atoms with van der Waals surface area (Å²) < 4.78 is 25.9. The number of carbonyl (C=O) groups excluding carboxylic acids is 1. The number of rotatable bonds is 2. The summed E-state index contributed by atoms with van der Waals surface area (Å²) in [7, 11) is 0. The van der Waals surface area contributed by atoms with Crippen molar-refractivity contribution in [1.82, 2.24) is 30.1 Å². The van der Waals surface area contributed by atoms with Crippen LogP contribution < -0.4 is 5.32 Å². The lowest BCUT2D eigenvalue weighted by atomic mass is 9.88. The van der Waals surface area contributed by atoms with Crippen molar-refractivity contribution in [2.75, 3.05) is 39.4 Å². The average Bonchev–Trinajstić information content (AvgIpc) is 3.47. The SMILES string of the molecule is O=C(N1CCc2cc(-c3cnc4[nH]cc(F)c4n3)cc(C3COCCN3)c2C1)N1CC2CCC(C1)O2. The van der Waals surface area contributed by atoms with Crippen LogP contribution in [0.15, 0.2) is 24.5 Å². The van der Waals surface area contributed by atoms with Gasteiger partial charge in [0.2, 0.25) is 0 Å². The van der Waals surface area contributed by atoms with E-state index in [0.717, 1.165) is 36.9 Å². The molecule has 9 nitrogen and oxygen atoms in total. The van der Waals surface area contributed by atoms with E-state index in [1.54, 1.807) is 6.20 Å². The highest BCUT2D eigenvalue weighted by Gasteiger charge is 2.38. The molecule has 2 bridgehead atoms. The molecule has 0 radical (unpaired) electrons. The monoisotopic (exact) mass is 492 g/mol. The fraction of sp³-hybridized carbons (Fsp3) is 0.500. The molecular formula is C26H29FN6O3. The van der Waals surface area contributed by atoms with E-state index in [-0.39, 0.29) is 29.8 Å². The number of likely N-dealkylation sites (tertiary alicyclic amines) is 1. The van der Waals surface area contributed by atoms with Crippen molar-refractivity contribution < 1.29 is 18.7 Å². The molecule has 0 saturated carbocycles. The Bertz CT molecular complexity index is 1310. The molecule has 2 amide bonds. The quantitative estimate of drug-likeness (QED) is 0.571. The van der Waals surface area contributed by atoms with Gasteiger partial charge in [0.05, 0.1) is 43.4 Å². The summed E-state index contributed by atoms with van der Waals surface area (Å²) in [4.78, 5) is 29.2. The van der Waals surface area contributed by atoms with Crippen molar-refractivity contribution in [1.29, 1.82) is 0 Å². The van der Waals surface area contributed by atoms with E-state index in [1.807, 2.05) is 9.80 Å². The van der Waals surface area contributed by atoms with E-state index in [1.165, 1.54) is 17.3 Å². The first-order valence-corrected chi connectivity index (χ1v) is 12.8. The van der Waals surface area contributed by atoms with Crippen LogP contribution in [0.1, 0.15) is 35.6 Å². The van der Waals surface area contributed by atoms with Crippen LogP contribution >= 0.6 is 0 Å². The van der Waals surface area contributed by atoms with E-state index < -0.39 is 5.82 Å². The molecule has 1 aromatic carbocycles. The molecule has 7 rings (SSSR count). The highest BCUT2D eigenvalue weighted by Crippen LogP contribution is 2.34. The number of morpholine rings is 2. The molecule has 3 aromatic rings. The number of fused-ring (bicyclic) bond motifs is 4. The molecule has 3 fully saturated rings. The summed E-state index contributed by atoms with van der Waals surface area (Å²) in [5.41, 5.74) is 5.67. The number of nitrogens with one attached hydrogen (secondary N) is 2. The molecule has 4 aliphatic rings. The number of aromatic nitrogens is 3. The average molecular weight is 493 g/mol. The molecular weight excluding hydrogens is 463 g/mol. The minimum absolute atomic E-state index is 0.0161. The third-order valence-corrected chi connectivity index (χ3v) is 7.89. The van der Waals surface area contributed by atoms with E-state index >= 15 is 0 Å². The first-order chi connectivity index (χ1) is 17.6. The lowest BCUT2D eigenvalue weighted by Crippen LogP contribution is -2.52. The number of nitrogens with zero attached hydrogens (tertiary/aromatic N) is 4. The van der Waals surface area contributed by atoms with Crippen LogP contribution in [-0.4, -0.2) is 82.4 Å². The lowest BCUT2D eigenvalue weighted by Gasteiger charge is -2.39. The Morgan fingerprint density at radius 1 is 1.17 bits per heavy atom. The maximum atomic E-state index is 14.2. The number of hydrogen-bond acceptors (Lipinski definition) is 6. The number of ether oxygens (including phenoxy) is 2. The van der Waals surface area contributed by atoms with Crippen molar-refractivity contribution >= 4 is 17.2 Å². The van der Waals surface area contributed by atoms with Crippen molar-refractivity contribution in [2.45, 2.75) is 44.1 Å². The number of urea groups is 1. The predicted molar refractivity (Wildman–Crippen MR) is 130 cm³/mol. The van der Waals surface area contributed by atoms with Gasteiger partial charge >= 0.3 is 6.03 Å². The van der Waals surface area contributed by atoms with Gasteiger partial charge < -0.3 is 29.6 Å². The maximum Gasteiger partial charge on any atom is 0.320 e. The molecule has 2 aromatic heterocycles. The maximum absolute atomic E-state index is 14.2. The second-order valence-corrected chi connectivity index (χ2v) is 10.2. The van der Waals surface area contributed by atoms with Crippen molar-refractivity contribution in [2.24, 2.45) is 0 Å².